The molecule has 1 aromatic carbocycles. The lowest BCUT2D eigenvalue weighted by Gasteiger charge is -2.44. The molecule has 0 aliphatic heterocycles. The SMILES string of the molecule is O=C1CC(Oc2ccc(F)cc2Br)C12CCCC2. The molecule has 1 unspecified atom stereocenters. The molecule has 18 heavy (non-hydrogen) atoms. The second-order valence-corrected chi connectivity index (χ2v) is 6.03. The number of benzene rings is 1. The molecule has 0 N–H and O–H groups in total. The molecule has 0 amide bonds. The Bertz CT molecular complexity index is 495. The van der Waals surface area contributed by atoms with Crippen molar-refractivity contribution in [1.82, 2.24) is 0 Å². The minimum Gasteiger partial charge on any atom is -0.488 e. The van der Waals surface area contributed by atoms with Crippen LogP contribution in [0.1, 0.15) is 32.1 Å². The number of Topliss-reactive ketones (excluding diaryl/α,β-unsaturated/α-hetero) is 1. The first-order valence-electron chi connectivity index (χ1n) is 6.27. The van der Waals surface area contributed by atoms with Gasteiger partial charge in [0.25, 0.3) is 0 Å². The highest BCUT2D eigenvalue weighted by molar-refractivity contribution is 9.10. The van der Waals surface area contributed by atoms with Crippen molar-refractivity contribution in [3.8, 4) is 5.75 Å². The fraction of sp³-hybridized carbons (Fsp3) is 0.500. The molecule has 0 aromatic heterocycles. The molecular weight excluding hydrogens is 299 g/mol. The molecule has 1 atom stereocenters. The minimum absolute atomic E-state index is 0.0331. The number of rotatable bonds is 2. The van der Waals surface area contributed by atoms with Gasteiger partial charge in [-0.1, -0.05) is 12.8 Å². The number of ketones is 1. The molecule has 0 bridgehead atoms. The van der Waals surface area contributed by atoms with E-state index >= 15 is 0 Å². The summed E-state index contributed by atoms with van der Waals surface area (Å²) in [5.41, 5.74) is -0.242. The number of carbonyl (C=O) groups is 1. The maximum atomic E-state index is 13.0. The average Bonchev–Trinajstić information content (AvgIpc) is 2.83. The van der Waals surface area contributed by atoms with Crippen LogP contribution < -0.4 is 4.74 Å². The molecule has 2 saturated carbocycles. The summed E-state index contributed by atoms with van der Waals surface area (Å²) < 4.78 is 19.5. The van der Waals surface area contributed by atoms with E-state index < -0.39 is 0 Å². The van der Waals surface area contributed by atoms with E-state index in [1.807, 2.05) is 0 Å². The van der Waals surface area contributed by atoms with Gasteiger partial charge in [-0.3, -0.25) is 4.79 Å². The van der Waals surface area contributed by atoms with E-state index in [1.165, 1.54) is 12.1 Å². The van der Waals surface area contributed by atoms with Crippen LogP contribution in [-0.4, -0.2) is 11.9 Å². The third-order valence-electron chi connectivity index (χ3n) is 4.20. The first-order valence-corrected chi connectivity index (χ1v) is 7.06. The van der Waals surface area contributed by atoms with Crippen LogP contribution in [0.2, 0.25) is 0 Å². The highest BCUT2D eigenvalue weighted by Gasteiger charge is 2.57. The maximum absolute atomic E-state index is 13.0. The van der Waals surface area contributed by atoms with Crippen molar-refractivity contribution >= 4 is 21.7 Å². The third kappa shape index (κ3) is 1.78. The average molecular weight is 313 g/mol. The summed E-state index contributed by atoms with van der Waals surface area (Å²) in [7, 11) is 0. The van der Waals surface area contributed by atoms with Crippen LogP contribution in [0.3, 0.4) is 0 Å². The summed E-state index contributed by atoms with van der Waals surface area (Å²) in [5.74, 6) is 0.665. The van der Waals surface area contributed by atoms with Crippen molar-refractivity contribution in [2.45, 2.75) is 38.2 Å². The van der Waals surface area contributed by atoms with E-state index in [0.717, 1.165) is 25.7 Å². The Hall–Kier alpha value is -0.900. The van der Waals surface area contributed by atoms with E-state index in [9.17, 15) is 9.18 Å². The second kappa shape index (κ2) is 4.34. The van der Waals surface area contributed by atoms with E-state index in [1.54, 1.807) is 6.07 Å². The zero-order valence-corrected chi connectivity index (χ0v) is 11.5. The van der Waals surface area contributed by atoms with Gasteiger partial charge in [-0.25, -0.2) is 4.39 Å². The molecule has 0 saturated heterocycles. The number of hydrogen-bond donors (Lipinski definition) is 0. The lowest BCUT2D eigenvalue weighted by molar-refractivity contribution is -0.151. The molecule has 2 nitrogen and oxygen atoms in total. The molecule has 3 rings (SSSR count). The predicted octanol–water partition coefficient (Wildman–Crippen LogP) is 3.87. The third-order valence-corrected chi connectivity index (χ3v) is 4.82. The van der Waals surface area contributed by atoms with E-state index in [2.05, 4.69) is 15.9 Å². The Kier molecular flexibility index (Phi) is 2.93. The van der Waals surface area contributed by atoms with Crippen molar-refractivity contribution < 1.29 is 13.9 Å². The van der Waals surface area contributed by atoms with Crippen LogP contribution in [0.25, 0.3) is 0 Å². The number of halogens is 2. The standard InChI is InChI=1S/C14H14BrFO2/c15-10-7-9(16)3-4-11(10)18-13-8-12(17)14(13)5-1-2-6-14/h3-4,7,13H,1-2,5-6,8H2. The summed E-state index contributed by atoms with van der Waals surface area (Å²) in [6, 6.07) is 4.38. The van der Waals surface area contributed by atoms with Gasteiger partial charge >= 0.3 is 0 Å². The Morgan fingerprint density at radius 3 is 2.67 bits per heavy atom. The van der Waals surface area contributed by atoms with E-state index in [0.29, 0.717) is 22.4 Å². The second-order valence-electron chi connectivity index (χ2n) is 5.17. The topological polar surface area (TPSA) is 26.3 Å². The van der Waals surface area contributed by atoms with Gasteiger partial charge in [0.2, 0.25) is 0 Å². The molecule has 2 aliphatic rings. The molecule has 96 valence electrons. The maximum Gasteiger partial charge on any atom is 0.146 e. The van der Waals surface area contributed by atoms with Crippen molar-refractivity contribution in [3.05, 3.63) is 28.5 Å². The summed E-state index contributed by atoms with van der Waals surface area (Å²) >= 11 is 3.29. The summed E-state index contributed by atoms with van der Waals surface area (Å²) in [6.45, 7) is 0. The van der Waals surface area contributed by atoms with Crippen LogP contribution in [0.4, 0.5) is 4.39 Å². The summed E-state index contributed by atoms with van der Waals surface area (Å²) in [5, 5.41) is 0. The van der Waals surface area contributed by atoms with Crippen molar-refractivity contribution in [1.29, 1.82) is 0 Å². The highest BCUT2D eigenvalue weighted by Crippen LogP contribution is 2.52. The highest BCUT2D eigenvalue weighted by atomic mass is 79.9. The van der Waals surface area contributed by atoms with Crippen molar-refractivity contribution in [2.24, 2.45) is 5.41 Å². The monoisotopic (exact) mass is 312 g/mol. The smallest absolute Gasteiger partial charge is 0.146 e. The lowest BCUT2D eigenvalue weighted by atomic mass is 9.63. The summed E-state index contributed by atoms with van der Waals surface area (Å²) in [6.07, 6.45) is 4.55. The van der Waals surface area contributed by atoms with Crippen LogP contribution in [0.15, 0.2) is 22.7 Å². The van der Waals surface area contributed by atoms with Crippen LogP contribution in [0.5, 0.6) is 5.75 Å². The van der Waals surface area contributed by atoms with Gasteiger partial charge in [-0.2, -0.15) is 0 Å². The van der Waals surface area contributed by atoms with Gasteiger partial charge in [0, 0.05) is 6.42 Å². The van der Waals surface area contributed by atoms with Gasteiger partial charge in [-0.15, -0.1) is 0 Å². The quantitative estimate of drug-likeness (QED) is 0.828. The van der Waals surface area contributed by atoms with Crippen LogP contribution in [-0.2, 0) is 4.79 Å². The molecular formula is C14H14BrFO2. The van der Waals surface area contributed by atoms with Crippen LogP contribution >= 0.6 is 15.9 Å². The predicted molar refractivity (Wildman–Crippen MR) is 69.0 cm³/mol. The molecule has 4 heteroatoms. The zero-order chi connectivity index (χ0) is 12.8. The first kappa shape index (κ1) is 12.2. The fourth-order valence-corrected chi connectivity index (χ4v) is 3.55. The number of carbonyl (C=O) groups excluding carboxylic acids is 1. The molecule has 1 spiro atoms. The molecule has 0 heterocycles. The zero-order valence-electron chi connectivity index (χ0n) is 9.92. The van der Waals surface area contributed by atoms with Gasteiger partial charge in [0.05, 0.1) is 9.89 Å². The van der Waals surface area contributed by atoms with Crippen LogP contribution in [0, 0.1) is 11.2 Å². The molecule has 2 aliphatic carbocycles. The van der Waals surface area contributed by atoms with Crippen molar-refractivity contribution in [3.63, 3.8) is 0 Å². The minimum atomic E-state index is -0.297. The first-order chi connectivity index (χ1) is 8.62. The number of hydrogen-bond acceptors (Lipinski definition) is 2. The summed E-state index contributed by atoms with van der Waals surface area (Å²) in [4.78, 5) is 11.8. The molecule has 2 fully saturated rings. The normalized spacial score (nSPS) is 25.2. The number of ether oxygens (including phenoxy) is 1. The Morgan fingerprint density at radius 2 is 2.06 bits per heavy atom. The van der Waals surface area contributed by atoms with Gasteiger partial charge in [0.1, 0.15) is 23.5 Å². The van der Waals surface area contributed by atoms with Gasteiger partial charge < -0.3 is 4.74 Å². The lowest BCUT2D eigenvalue weighted by Crippen LogP contribution is -2.55. The van der Waals surface area contributed by atoms with E-state index in [4.69, 9.17) is 4.74 Å². The van der Waals surface area contributed by atoms with Gasteiger partial charge in [-0.05, 0) is 47.0 Å². The molecule has 1 aromatic rings. The van der Waals surface area contributed by atoms with Gasteiger partial charge in [0.15, 0.2) is 0 Å². The Balaban J connectivity index is 1.79. The fourth-order valence-electron chi connectivity index (χ4n) is 3.10. The largest absolute Gasteiger partial charge is 0.488 e. The Labute approximate surface area is 114 Å². The van der Waals surface area contributed by atoms with Crippen molar-refractivity contribution in [2.75, 3.05) is 0 Å². The Morgan fingerprint density at radius 1 is 1.33 bits per heavy atom. The molecule has 0 radical (unpaired) electrons. The van der Waals surface area contributed by atoms with E-state index in [-0.39, 0.29) is 17.3 Å².